The van der Waals surface area contributed by atoms with Gasteiger partial charge in [0.05, 0.1) is 19.1 Å². The van der Waals surface area contributed by atoms with E-state index in [-0.39, 0.29) is 11.4 Å². The van der Waals surface area contributed by atoms with Gasteiger partial charge < -0.3 is 14.2 Å². The number of pyridine rings is 1. The van der Waals surface area contributed by atoms with Crippen molar-refractivity contribution in [3.05, 3.63) is 114 Å². The Balaban J connectivity index is 1.57. The Bertz CT molecular complexity index is 1380. The Morgan fingerprint density at radius 3 is 2.16 bits per heavy atom. The van der Waals surface area contributed by atoms with Crippen molar-refractivity contribution in [1.82, 2.24) is 9.29 Å². The van der Waals surface area contributed by atoms with Gasteiger partial charge in [0.2, 0.25) is 10.0 Å². The van der Waals surface area contributed by atoms with Crippen molar-refractivity contribution in [3.8, 4) is 17.2 Å². The third kappa shape index (κ3) is 6.87. The van der Waals surface area contributed by atoms with Gasteiger partial charge in [-0.05, 0) is 71.6 Å². The Morgan fingerprint density at radius 2 is 1.49 bits per heavy atom. The summed E-state index contributed by atoms with van der Waals surface area (Å²) in [5.74, 6) is 1.74. The SMILES string of the molecule is COc1ccc(S(=O)(=O)N(CCc2ccncc2)Cc2ccc(OCc3ccccc3)c(OC)c2)cc1. The smallest absolute Gasteiger partial charge is 0.243 e. The van der Waals surface area contributed by atoms with Crippen molar-refractivity contribution in [2.45, 2.75) is 24.5 Å². The van der Waals surface area contributed by atoms with Crippen LogP contribution in [0.25, 0.3) is 0 Å². The number of rotatable bonds is 12. The number of nitrogens with zero attached hydrogens (tertiary/aromatic N) is 2. The molecule has 8 heteroatoms. The molecule has 0 saturated heterocycles. The van der Waals surface area contributed by atoms with Crippen LogP contribution in [0.3, 0.4) is 0 Å². The van der Waals surface area contributed by atoms with E-state index in [0.29, 0.717) is 36.8 Å². The van der Waals surface area contributed by atoms with E-state index in [1.54, 1.807) is 50.9 Å². The highest BCUT2D eigenvalue weighted by molar-refractivity contribution is 7.89. The van der Waals surface area contributed by atoms with Crippen molar-refractivity contribution < 1.29 is 22.6 Å². The first-order valence-corrected chi connectivity index (χ1v) is 13.3. The summed E-state index contributed by atoms with van der Waals surface area (Å²) in [6, 6.07) is 25.6. The van der Waals surface area contributed by atoms with Crippen LogP contribution in [0.15, 0.2) is 102 Å². The van der Waals surface area contributed by atoms with Crippen molar-refractivity contribution in [2.75, 3.05) is 20.8 Å². The lowest BCUT2D eigenvalue weighted by molar-refractivity contribution is 0.284. The maximum atomic E-state index is 13.7. The molecule has 7 nitrogen and oxygen atoms in total. The maximum Gasteiger partial charge on any atom is 0.243 e. The van der Waals surface area contributed by atoms with Crippen LogP contribution in [-0.2, 0) is 29.6 Å². The van der Waals surface area contributed by atoms with Gasteiger partial charge >= 0.3 is 0 Å². The lowest BCUT2D eigenvalue weighted by Gasteiger charge is -2.23. The molecule has 0 spiro atoms. The molecular formula is C29H30N2O5S. The van der Waals surface area contributed by atoms with E-state index in [1.807, 2.05) is 60.7 Å². The van der Waals surface area contributed by atoms with Crippen molar-refractivity contribution in [1.29, 1.82) is 0 Å². The van der Waals surface area contributed by atoms with Gasteiger partial charge in [0.1, 0.15) is 12.4 Å². The summed E-state index contributed by atoms with van der Waals surface area (Å²) < 4.78 is 45.5. The fourth-order valence-corrected chi connectivity index (χ4v) is 5.28. The summed E-state index contributed by atoms with van der Waals surface area (Å²) >= 11 is 0. The number of aromatic nitrogens is 1. The van der Waals surface area contributed by atoms with Crippen LogP contribution in [0.4, 0.5) is 0 Å². The first-order valence-electron chi connectivity index (χ1n) is 11.9. The Morgan fingerprint density at radius 1 is 0.757 bits per heavy atom. The summed E-state index contributed by atoms with van der Waals surface area (Å²) in [6.45, 7) is 0.877. The molecule has 0 amide bonds. The summed E-state index contributed by atoms with van der Waals surface area (Å²) in [5.41, 5.74) is 2.84. The highest BCUT2D eigenvalue weighted by Crippen LogP contribution is 2.30. The van der Waals surface area contributed by atoms with Crippen molar-refractivity contribution >= 4 is 10.0 Å². The number of benzene rings is 3. The summed E-state index contributed by atoms with van der Waals surface area (Å²) in [4.78, 5) is 4.25. The Labute approximate surface area is 218 Å². The molecule has 0 saturated carbocycles. The monoisotopic (exact) mass is 518 g/mol. The molecule has 192 valence electrons. The van der Waals surface area contributed by atoms with Crippen molar-refractivity contribution in [3.63, 3.8) is 0 Å². The number of hydrogen-bond donors (Lipinski definition) is 0. The van der Waals surface area contributed by atoms with E-state index in [2.05, 4.69) is 4.98 Å². The first-order chi connectivity index (χ1) is 18.0. The van der Waals surface area contributed by atoms with E-state index in [4.69, 9.17) is 14.2 Å². The number of methoxy groups -OCH3 is 2. The molecule has 1 aromatic heterocycles. The highest BCUT2D eigenvalue weighted by atomic mass is 32.2. The number of sulfonamides is 1. The third-order valence-corrected chi connectivity index (χ3v) is 7.78. The predicted molar refractivity (Wildman–Crippen MR) is 142 cm³/mol. The summed E-state index contributed by atoms with van der Waals surface area (Å²) in [7, 11) is -0.660. The lowest BCUT2D eigenvalue weighted by atomic mass is 10.1. The number of ether oxygens (including phenoxy) is 3. The van der Waals surface area contributed by atoms with E-state index in [0.717, 1.165) is 16.7 Å². The van der Waals surface area contributed by atoms with Crippen LogP contribution in [0, 0.1) is 0 Å². The zero-order valence-electron chi connectivity index (χ0n) is 20.9. The van der Waals surface area contributed by atoms with Crippen LogP contribution in [0.1, 0.15) is 16.7 Å². The van der Waals surface area contributed by atoms with Crippen LogP contribution in [-0.4, -0.2) is 38.5 Å². The largest absolute Gasteiger partial charge is 0.497 e. The molecule has 0 bridgehead atoms. The first kappa shape index (κ1) is 26.2. The Hall–Kier alpha value is -3.88. The van der Waals surface area contributed by atoms with E-state index in [1.165, 1.54) is 4.31 Å². The standard InChI is InChI=1S/C29H30N2O5S/c1-34-26-9-11-27(12-10-26)37(32,33)31(19-16-23-14-17-30-18-15-23)21-25-8-13-28(29(20-25)35-2)36-22-24-6-4-3-5-7-24/h3-15,17-18,20H,16,19,21-22H2,1-2H3. The van der Waals surface area contributed by atoms with Gasteiger partial charge in [0, 0.05) is 25.5 Å². The van der Waals surface area contributed by atoms with Crippen LogP contribution in [0.2, 0.25) is 0 Å². The molecule has 0 radical (unpaired) electrons. The molecule has 4 rings (SSSR count). The molecule has 0 aliphatic rings. The van der Waals surface area contributed by atoms with E-state index in [9.17, 15) is 8.42 Å². The van der Waals surface area contributed by atoms with Gasteiger partial charge in [0.25, 0.3) is 0 Å². The summed E-state index contributed by atoms with van der Waals surface area (Å²) in [5, 5.41) is 0. The van der Waals surface area contributed by atoms with Gasteiger partial charge in [-0.2, -0.15) is 4.31 Å². The predicted octanol–water partition coefficient (Wildman–Crippen LogP) is 5.11. The van der Waals surface area contributed by atoms with Gasteiger partial charge in [-0.15, -0.1) is 0 Å². The summed E-state index contributed by atoms with van der Waals surface area (Å²) in [6.07, 6.45) is 3.96. The third-order valence-electron chi connectivity index (χ3n) is 5.92. The molecule has 0 N–H and O–H groups in total. The number of hydrogen-bond acceptors (Lipinski definition) is 6. The molecule has 0 atom stereocenters. The molecule has 37 heavy (non-hydrogen) atoms. The van der Waals surface area contributed by atoms with Gasteiger partial charge in [-0.1, -0.05) is 36.4 Å². The highest BCUT2D eigenvalue weighted by Gasteiger charge is 2.25. The minimum absolute atomic E-state index is 0.175. The van der Waals surface area contributed by atoms with Crippen LogP contribution in [0.5, 0.6) is 17.2 Å². The molecule has 0 aliphatic heterocycles. The minimum atomic E-state index is -3.78. The zero-order chi connectivity index (χ0) is 26.1. The Kier molecular flexibility index (Phi) is 8.77. The second kappa shape index (κ2) is 12.4. The quantitative estimate of drug-likeness (QED) is 0.259. The fourth-order valence-electron chi connectivity index (χ4n) is 3.85. The minimum Gasteiger partial charge on any atom is -0.497 e. The normalized spacial score (nSPS) is 11.3. The van der Waals surface area contributed by atoms with Gasteiger partial charge in [0.15, 0.2) is 11.5 Å². The fraction of sp³-hybridized carbons (Fsp3) is 0.207. The van der Waals surface area contributed by atoms with E-state index < -0.39 is 10.0 Å². The molecule has 1 heterocycles. The van der Waals surface area contributed by atoms with Crippen molar-refractivity contribution in [2.24, 2.45) is 0 Å². The van der Waals surface area contributed by atoms with Crippen LogP contribution < -0.4 is 14.2 Å². The second-order valence-electron chi connectivity index (χ2n) is 8.38. The molecule has 0 unspecified atom stereocenters. The topological polar surface area (TPSA) is 78.0 Å². The molecule has 0 aliphatic carbocycles. The molecular weight excluding hydrogens is 488 g/mol. The second-order valence-corrected chi connectivity index (χ2v) is 10.3. The molecule has 3 aromatic carbocycles. The van der Waals surface area contributed by atoms with Crippen LogP contribution >= 0.6 is 0 Å². The average Bonchev–Trinajstić information content (AvgIpc) is 2.95. The maximum absolute atomic E-state index is 13.7. The van der Waals surface area contributed by atoms with Gasteiger partial charge in [-0.3, -0.25) is 4.98 Å². The van der Waals surface area contributed by atoms with Gasteiger partial charge in [-0.25, -0.2) is 8.42 Å². The molecule has 4 aromatic rings. The zero-order valence-corrected chi connectivity index (χ0v) is 21.7. The lowest BCUT2D eigenvalue weighted by Crippen LogP contribution is -2.32. The van der Waals surface area contributed by atoms with E-state index >= 15 is 0 Å². The molecule has 0 fully saturated rings. The average molecular weight is 519 g/mol.